The van der Waals surface area contributed by atoms with E-state index in [1.807, 2.05) is 39.0 Å². The summed E-state index contributed by atoms with van der Waals surface area (Å²) in [4.78, 5) is 11.5. The van der Waals surface area contributed by atoms with Gasteiger partial charge in [-0.15, -0.1) is 0 Å². The summed E-state index contributed by atoms with van der Waals surface area (Å²) in [5, 5.41) is 8.98. The normalized spacial score (nSPS) is 10.9. The molecule has 3 nitrogen and oxygen atoms in total. The molecular weight excluding hydrogens is 226 g/mol. The van der Waals surface area contributed by atoms with Gasteiger partial charge in [-0.2, -0.15) is 5.26 Å². The summed E-state index contributed by atoms with van der Waals surface area (Å²) < 4.78 is 4.83. The number of hydrogen-bond acceptors (Lipinski definition) is 3. The van der Waals surface area contributed by atoms with E-state index >= 15 is 0 Å². The van der Waals surface area contributed by atoms with E-state index in [1.165, 1.54) is 5.56 Å². The van der Waals surface area contributed by atoms with E-state index in [2.05, 4.69) is 0 Å². The highest BCUT2D eigenvalue weighted by molar-refractivity contribution is 5.98. The van der Waals surface area contributed by atoms with Gasteiger partial charge in [0.1, 0.15) is 11.6 Å². The van der Waals surface area contributed by atoms with Crippen molar-refractivity contribution < 1.29 is 9.53 Å². The average Bonchev–Trinajstić information content (AvgIpc) is 2.32. The Labute approximate surface area is 108 Å². The van der Waals surface area contributed by atoms with Crippen molar-refractivity contribution in [3.05, 3.63) is 40.0 Å². The van der Waals surface area contributed by atoms with Crippen LogP contribution in [0.3, 0.4) is 0 Å². The van der Waals surface area contributed by atoms with Crippen LogP contribution >= 0.6 is 0 Å². The molecule has 0 radical (unpaired) electrons. The van der Waals surface area contributed by atoms with E-state index < -0.39 is 5.97 Å². The predicted octanol–water partition coefficient (Wildman–Crippen LogP) is 3.08. The van der Waals surface area contributed by atoms with Crippen molar-refractivity contribution in [3.63, 3.8) is 0 Å². The van der Waals surface area contributed by atoms with E-state index in [-0.39, 0.29) is 12.2 Å². The molecule has 0 amide bonds. The first-order valence-corrected chi connectivity index (χ1v) is 5.86. The van der Waals surface area contributed by atoms with Crippen molar-refractivity contribution in [2.75, 3.05) is 6.61 Å². The molecule has 0 aliphatic carbocycles. The molecule has 0 unspecified atom stereocenters. The predicted molar refractivity (Wildman–Crippen MR) is 70.9 cm³/mol. The molecular formula is C15H17NO2. The van der Waals surface area contributed by atoms with Gasteiger partial charge in [0.2, 0.25) is 0 Å². The van der Waals surface area contributed by atoms with E-state index in [0.717, 1.165) is 16.7 Å². The quantitative estimate of drug-likeness (QED) is 0.465. The van der Waals surface area contributed by atoms with E-state index in [1.54, 1.807) is 13.0 Å². The summed E-state index contributed by atoms with van der Waals surface area (Å²) in [5.74, 6) is -0.572. The van der Waals surface area contributed by atoms with Gasteiger partial charge in [-0.05, 0) is 56.0 Å². The highest BCUT2D eigenvalue weighted by atomic mass is 16.5. The molecule has 0 bridgehead atoms. The summed E-state index contributed by atoms with van der Waals surface area (Å²) in [6.07, 6.45) is 1.58. The minimum absolute atomic E-state index is 0.0307. The van der Waals surface area contributed by atoms with Crippen LogP contribution in [0.4, 0.5) is 0 Å². The van der Waals surface area contributed by atoms with Crippen LogP contribution in [-0.2, 0) is 9.53 Å². The van der Waals surface area contributed by atoms with Crippen LogP contribution in [0.5, 0.6) is 0 Å². The van der Waals surface area contributed by atoms with Crippen LogP contribution in [0.2, 0.25) is 0 Å². The highest BCUT2D eigenvalue weighted by Crippen LogP contribution is 2.18. The number of nitrogens with zero attached hydrogens (tertiary/aromatic N) is 1. The summed E-state index contributed by atoms with van der Waals surface area (Å²) in [7, 11) is 0. The third-order valence-corrected chi connectivity index (χ3v) is 2.80. The molecule has 0 atom stereocenters. The molecule has 0 spiro atoms. The van der Waals surface area contributed by atoms with Crippen LogP contribution in [0.25, 0.3) is 6.08 Å². The average molecular weight is 243 g/mol. The van der Waals surface area contributed by atoms with Crippen molar-refractivity contribution in [2.45, 2.75) is 27.7 Å². The van der Waals surface area contributed by atoms with Gasteiger partial charge in [0.05, 0.1) is 6.61 Å². The minimum Gasteiger partial charge on any atom is -0.462 e. The van der Waals surface area contributed by atoms with Gasteiger partial charge in [0.15, 0.2) is 0 Å². The Morgan fingerprint density at radius 1 is 1.28 bits per heavy atom. The molecule has 18 heavy (non-hydrogen) atoms. The lowest BCUT2D eigenvalue weighted by atomic mass is 9.99. The number of carbonyl (C=O) groups excluding carboxylic acids is 1. The van der Waals surface area contributed by atoms with Crippen molar-refractivity contribution in [1.29, 1.82) is 5.26 Å². The fourth-order valence-electron chi connectivity index (χ4n) is 1.64. The molecule has 0 saturated heterocycles. The van der Waals surface area contributed by atoms with Crippen LogP contribution in [0, 0.1) is 32.1 Å². The molecule has 3 heteroatoms. The number of nitriles is 1. The Kier molecular flexibility index (Phi) is 4.67. The Balaban J connectivity index is 3.18. The molecule has 0 aliphatic rings. The third kappa shape index (κ3) is 3.21. The second-order valence-corrected chi connectivity index (χ2v) is 4.18. The zero-order chi connectivity index (χ0) is 13.7. The molecule has 1 aromatic rings. The topological polar surface area (TPSA) is 50.1 Å². The van der Waals surface area contributed by atoms with Crippen molar-refractivity contribution in [3.8, 4) is 6.07 Å². The molecule has 94 valence electrons. The number of esters is 1. The molecule has 1 rings (SSSR count). The lowest BCUT2D eigenvalue weighted by molar-refractivity contribution is -0.137. The zero-order valence-corrected chi connectivity index (χ0v) is 11.2. The fraction of sp³-hybridized carbons (Fsp3) is 0.333. The largest absolute Gasteiger partial charge is 0.462 e. The fourth-order valence-corrected chi connectivity index (χ4v) is 1.64. The van der Waals surface area contributed by atoms with Crippen molar-refractivity contribution >= 4 is 12.0 Å². The van der Waals surface area contributed by atoms with E-state index in [4.69, 9.17) is 10.00 Å². The first-order chi connectivity index (χ1) is 8.49. The monoisotopic (exact) mass is 243 g/mol. The Morgan fingerprint density at radius 2 is 1.89 bits per heavy atom. The van der Waals surface area contributed by atoms with E-state index in [9.17, 15) is 4.79 Å². The zero-order valence-electron chi connectivity index (χ0n) is 11.2. The van der Waals surface area contributed by atoms with Gasteiger partial charge in [-0.3, -0.25) is 0 Å². The van der Waals surface area contributed by atoms with E-state index in [0.29, 0.717) is 0 Å². The minimum atomic E-state index is -0.572. The SMILES string of the molecule is CCOC(=O)/C(C#N)=C/c1cc(C)c(C)cc1C. The van der Waals surface area contributed by atoms with Crippen LogP contribution in [-0.4, -0.2) is 12.6 Å². The second-order valence-electron chi connectivity index (χ2n) is 4.18. The Hall–Kier alpha value is -2.08. The molecule has 1 aromatic carbocycles. The van der Waals surface area contributed by atoms with Crippen LogP contribution < -0.4 is 0 Å². The highest BCUT2D eigenvalue weighted by Gasteiger charge is 2.10. The van der Waals surface area contributed by atoms with Crippen LogP contribution in [0.1, 0.15) is 29.2 Å². The number of rotatable bonds is 3. The molecule has 0 saturated carbocycles. The van der Waals surface area contributed by atoms with Crippen molar-refractivity contribution in [1.82, 2.24) is 0 Å². The first kappa shape index (κ1) is 14.0. The smallest absolute Gasteiger partial charge is 0.348 e. The number of benzene rings is 1. The maximum Gasteiger partial charge on any atom is 0.348 e. The standard InChI is InChI=1S/C15H17NO2/c1-5-18-15(17)14(9-16)8-13-7-11(3)10(2)6-12(13)4/h6-8H,5H2,1-4H3/b14-8+. The third-order valence-electron chi connectivity index (χ3n) is 2.80. The number of carbonyl (C=O) groups is 1. The second kappa shape index (κ2) is 6.02. The molecule has 0 N–H and O–H groups in total. The Morgan fingerprint density at radius 3 is 2.44 bits per heavy atom. The lowest BCUT2D eigenvalue weighted by Gasteiger charge is -2.07. The van der Waals surface area contributed by atoms with Crippen LogP contribution in [0.15, 0.2) is 17.7 Å². The number of ether oxygens (including phenoxy) is 1. The summed E-state index contributed by atoms with van der Waals surface area (Å²) >= 11 is 0. The Bertz CT molecular complexity index is 536. The summed E-state index contributed by atoms with van der Waals surface area (Å²) in [6, 6.07) is 5.90. The maximum atomic E-state index is 11.5. The van der Waals surface area contributed by atoms with Gasteiger partial charge < -0.3 is 4.74 Å². The molecule has 0 aromatic heterocycles. The molecule has 0 heterocycles. The van der Waals surface area contributed by atoms with Gasteiger partial charge in [0, 0.05) is 0 Å². The lowest BCUT2D eigenvalue weighted by Crippen LogP contribution is -2.06. The molecule has 0 aliphatic heterocycles. The van der Waals surface area contributed by atoms with Gasteiger partial charge in [0.25, 0.3) is 0 Å². The maximum absolute atomic E-state index is 11.5. The van der Waals surface area contributed by atoms with Gasteiger partial charge >= 0.3 is 5.97 Å². The molecule has 0 fully saturated rings. The number of hydrogen-bond donors (Lipinski definition) is 0. The first-order valence-electron chi connectivity index (χ1n) is 5.86. The van der Waals surface area contributed by atoms with Gasteiger partial charge in [-0.25, -0.2) is 4.79 Å². The number of aryl methyl sites for hydroxylation is 3. The van der Waals surface area contributed by atoms with Gasteiger partial charge in [-0.1, -0.05) is 12.1 Å². The van der Waals surface area contributed by atoms with Crippen molar-refractivity contribution in [2.24, 2.45) is 0 Å². The summed E-state index contributed by atoms with van der Waals surface area (Å²) in [6.45, 7) is 7.98. The summed E-state index contributed by atoms with van der Waals surface area (Å²) in [5.41, 5.74) is 4.27.